The summed E-state index contributed by atoms with van der Waals surface area (Å²) in [4.78, 5) is 9.00. The quantitative estimate of drug-likeness (QED) is 0.853. The van der Waals surface area contributed by atoms with E-state index in [0.29, 0.717) is 17.6 Å². The molecule has 1 aromatic heterocycles. The van der Waals surface area contributed by atoms with Crippen molar-refractivity contribution in [3.63, 3.8) is 0 Å². The van der Waals surface area contributed by atoms with Crippen LogP contribution in [0.3, 0.4) is 0 Å². The Morgan fingerprint density at radius 2 is 1.95 bits per heavy atom. The van der Waals surface area contributed by atoms with Gasteiger partial charge in [0.05, 0.1) is 10.2 Å². The molecular formula is C14H22BrN3O2S. The predicted octanol–water partition coefficient (Wildman–Crippen LogP) is 3.43. The van der Waals surface area contributed by atoms with Gasteiger partial charge in [-0.2, -0.15) is 0 Å². The van der Waals surface area contributed by atoms with Gasteiger partial charge < -0.3 is 5.32 Å². The van der Waals surface area contributed by atoms with Crippen molar-refractivity contribution in [1.82, 2.24) is 9.97 Å². The van der Waals surface area contributed by atoms with E-state index in [1.54, 1.807) is 6.92 Å². The van der Waals surface area contributed by atoms with Crippen LogP contribution in [0.4, 0.5) is 5.82 Å². The fraction of sp³-hybridized carbons (Fsp3) is 0.714. The molecule has 0 aromatic carbocycles. The smallest absolute Gasteiger partial charge is 0.157 e. The van der Waals surface area contributed by atoms with Gasteiger partial charge in [-0.05, 0) is 42.6 Å². The zero-order valence-electron chi connectivity index (χ0n) is 12.7. The number of aromatic nitrogens is 2. The topological polar surface area (TPSA) is 72.0 Å². The second-order valence-corrected chi connectivity index (χ2v) is 8.77. The van der Waals surface area contributed by atoms with Gasteiger partial charge in [-0.15, -0.1) is 0 Å². The molecular weight excluding hydrogens is 354 g/mol. The lowest BCUT2D eigenvalue weighted by atomic mass is 10.0. The van der Waals surface area contributed by atoms with Gasteiger partial charge in [0.2, 0.25) is 0 Å². The molecule has 1 saturated carbocycles. The van der Waals surface area contributed by atoms with Gasteiger partial charge in [0.25, 0.3) is 0 Å². The van der Waals surface area contributed by atoms with Gasteiger partial charge in [-0.3, -0.25) is 0 Å². The predicted molar refractivity (Wildman–Crippen MR) is 88.4 cm³/mol. The molecule has 1 unspecified atom stereocenters. The Morgan fingerprint density at radius 3 is 2.48 bits per heavy atom. The highest BCUT2D eigenvalue weighted by Gasteiger charge is 2.27. The monoisotopic (exact) mass is 375 g/mol. The minimum atomic E-state index is -3.21. The van der Waals surface area contributed by atoms with Gasteiger partial charge in [-0.25, -0.2) is 18.4 Å². The van der Waals surface area contributed by atoms with Gasteiger partial charge in [0, 0.05) is 18.7 Å². The van der Waals surface area contributed by atoms with Crippen LogP contribution in [-0.2, 0) is 9.84 Å². The summed E-state index contributed by atoms with van der Waals surface area (Å²) in [5, 5.41) is 2.50. The van der Waals surface area contributed by atoms with Crippen LogP contribution >= 0.6 is 15.9 Å². The molecule has 1 fully saturated rings. The van der Waals surface area contributed by atoms with Gasteiger partial charge >= 0.3 is 0 Å². The standard InChI is InChI=1S/C14H22BrN3O2S/c1-4-16-14-11(15)12(10-7-5-6-8-10)17-13(18-14)9(2)21(3,19)20/h9-10H,4-8H2,1-3H3,(H,16,17,18). The van der Waals surface area contributed by atoms with Crippen LogP contribution in [0.15, 0.2) is 4.47 Å². The average Bonchev–Trinajstić information content (AvgIpc) is 2.93. The zero-order chi connectivity index (χ0) is 15.6. The molecule has 5 nitrogen and oxygen atoms in total. The van der Waals surface area contributed by atoms with Gasteiger partial charge in [0.15, 0.2) is 9.84 Å². The highest BCUT2D eigenvalue weighted by atomic mass is 79.9. The molecule has 2 rings (SSSR count). The lowest BCUT2D eigenvalue weighted by Gasteiger charge is -2.18. The zero-order valence-corrected chi connectivity index (χ0v) is 15.1. The molecule has 1 aliphatic carbocycles. The molecule has 1 aromatic rings. The third kappa shape index (κ3) is 3.74. The second kappa shape index (κ2) is 6.60. The van der Waals surface area contributed by atoms with Crippen LogP contribution in [0.5, 0.6) is 0 Å². The Bertz CT molecular complexity index is 613. The maximum Gasteiger partial charge on any atom is 0.157 e. The first-order valence-electron chi connectivity index (χ1n) is 7.34. The number of hydrogen-bond acceptors (Lipinski definition) is 5. The molecule has 21 heavy (non-hydrogen) atoms. The van der Waals surface area contributed by atoms with E-state index in [0.717, 1.165) is 29.6 Å². The molecule has 0 saturated heterocycles. The first-order valence-corrected chi connectivity index (χ1v) is 10.1. The molecule has 0 spiro atoms. The summed E-state index contributed by atoms with van der Waals surface area (Å²) in [6.45, 7) is 4.36. The van der Waals surface area contributed by atoms with Crippen molar-refractivity contribution in [3.8, 4) is 0 Å². The summed E-state index contributed by atoms with van der Waals surface area (Å²) < 4.78 is 24.5. The molecule has 0 bridgehead atoms. The lowest BCUT2D eigenvalue weighted by molar-refractivity contribution is 0.587. The van der Waals surface area contributed by atoms with E-state index < -0.39 is 15.1 Å². The van der Waals surface area contributed by atoms with Crippen molar-refractivity contribution in [2.75, 3.05) is 18.1 Å². The normalized spacial score (nSPS) is 17.9. The van der Waals surface area contributed by atoms with E-state index >= 15 is 0 Å². The molecule has 0 amide bonds. The Balaban J connectivity index is 2.51. The molecule has 0 aliphatic heterocycles. The first kappa shape index (κ1) is 16.7. The number of hydrogen-bond donors (Lipinski definition) is 1. The summed E-state index contributed by atoms with van der Waals surface area (Å²) >= 11 is 3.59. The van der Waals surface area contributed by atoms with E-state index in [9.17, 15) is 8.42 Å². The van der Waals surface area contributed by atoms with Crippen LogP contribution in [0.1, 0.15) is 62.2 Å². The number of sulfone groups is 1. The van der Waals surface area contributed by atoms with Gasteiger partial charge in [-0.1, -0.05) is 12.8 Å². The van der Waals surface area contributed by atoms with E-state index in [1.807, 2.05) is 6.92 Å². The summed E-state index contributed by atoms with van der Waals surface area (Å²) in [5.74, 6) is 1.48. The summed E-state index contributed by atoms with van der Waals surface area (Å²) in [6, 6.07) is 0. The Labute approximate surface area is 135 Å². The minimum Gasteiger partial charge on any atom is -0.369 e. The van der Waals surface area contributed by atoms with E-state index in [2.05, 4.69) is 31.2 Å². The Morgan fingerprint density at radius 1 is 1.33 bits per heavy atom. The van der Waals surface area contributed by atoms with Crippen LogP contribution < -0.4 is 5.32 Å². The Hall–Kier alpha value is -0.690. The average molecular weight is 376 g/mol. The van der Waals surface area contributed by atoms with Gasteiger partial charge in [0.1, 0.15) is 16.9 Å². The summed E-state index contributed by atoms with van der Waals surface area (Å²) in [5.41, 5.74) is 0.948. The van der Waals surface area contributed by atoms with E-state index in [-0.39, 0.29) is 0 Å². The third-order valence-electron chi connectivity index (χ3n) is 3.99. The molecule has 1 atom stereocenters. The molecule has 118 valence electrons. The van der Waals surface area contributed by atoms with Crippen molar-refractivity contribution in [1.29, 1.82) is 0 Å². The highest BCUT2D eigenvalue weighted by Crippen LogP contribution is 2.39. The highest BCUT2D eigenvalue weighted by molar-refractivity contribution is 9.10. The van der Waals surface area contributed by atoms with Crippen LogP contribution in [0.2, 0.25) is 0 Å². The van der Waals surface area contributed by atoms with Crippen molar-refractivity contribution in [2.45, 2.75) is 50.7 Å². The maximum absolute atomic E-state index is 11.8. The number of nitrogens with one attached hydrogen (secondary N) is 1. The fourth-order valence-electron chi connectivity index (χ4n) is 2.61. The number of rotatable bonds is 5. The molecule has 1 aliphatic rings. The largest absolute Gasteiger partial charge is 0.369 e. The molecule has 1 heterocycles. The second-order valence-electron chi connectivity index (χ2n) is 5.61. The van der Waals surface area contributed by atoms with E-state index in [4.69, 9.17) is 0 Å². The SMILES string of the molecule is CCNc1nc(C(C)S(C)(=O)=O)nc(C2CCCC2)c1Br. The summed E-state index contributed by atoms with van der Waals surface area (Å²) in [6.07, 6.45) is 5.84. The lowest BCUT2D eigenvalue weighted by Crippen LogP contribution is -2.16. The van der Waals surface area contributed by atoms with Crippen LogP contribution in [0, 0.1) is 0 Å². The molecule has 7 heteroatoms. The maximum atomic E-state index is 11.8. The fourth-order valence-corrected chi connectivity index (χ4v) is 3.74. The van der Waals surface area contributed by atoms with Crippen molar-refractivity contribution in [3.05, 3.63) is 16.0 Å². The van der Waals surface area contributed by atoms with E-state index in [1.165, 1.54) is 19.1 Å². The first-order chi connectivity index (χ1) is 9.84. The molecule has 1 N–H and O–H groups in total. The summed E-state index contributed by atoms with van der Waals surface area (Å²) in [7, 11) is -3.21. The van der Waals surface area contributed by atoms with Crippen molar-refractivity contribution < 1.29 is 8.42 Å². The third-order valence-corrected chi connectivity index (χ3v) is 6.26. The Kier molecular flexibility index (Phi) is 5.24. The van der Waals surface area contributed by atoms with Crippen LogP contribution in [-0.4, -0.2) is 31.2 Å². The molecule has 0 radical (unpaired) electrons. The number of nitrogens with zero attached hydrogens (tertiary/aromatic N) is 2. The number of halogens is 1. The number of anilines is 1. The minimum absolute atomic E-state index is 0.388. The van der Waals surface area contributed by atoms with Crippen LogP contribution in [0.25, 0.3) is 0 Å². The van der Waals surface area contributed by atoms with Crippen molar-refractivity contribution >= 4 is 31.6 Å². The van der Waals surface area contributed by atoms with Crippen molar-refractivity contribution in [2.24, 2.45) is 0 Å².